The Morgan fingerprint density at radius 2 is 1.92 bits per heavy atom. The quantitative estimate of drug-likeness (QED) is 0.835. The molecule has 3 heterocycles. The van der Waals surface area contributed by atoms with Gasteiger partial charge in [0.05, 0.1) is 16.9 Å². The molecule has 0 spiro atoms. The average Bonchev–Trinajstić information content (AvgIpc) is 3.07. The maximum Gasteiger partial charge on any atom is 0.265 e. The van der Waals surface area contributed by atoms with Crippen LogP contribution >= 0.6 is 11.3 Å². The smallest absolute Gasteiger partial charge is 0.265 e. The molecule has 0 saturated carbocycles. The van der Waals surface area contributed by atoms with Crippen LogP contribution in [0.3, 0.4) is 0 Å². The molecule has 4 rings (SSSR count). The van der Waals surface area contributed by atoms with Crippen LogP contribution < -0.4 is 4.90 Å². The molecule has 1 fully saturated rings. The molecule has 1 aliphatic heterocycles. The first kappa shape index (κ1) is 15.5. The first-order valence-corrected chi connectivity index (χ1v) is 9.40. The highest BCUT2D eigenvalue weighted by molar-refractivity contribution is 7.11. The van der Waals surface area contributed by atoms with E-state index < -0.39 is 0 Å². The molecule has 0 bridgehead atoms. The van der Waals surface area contributed by atoms with E-state index in [1.165, 1.54) is 35.4 Å². The number of carbonyl (C=O) groups excluding carboxylic acids is 1. The molecule has 1 saturated heterocycles. The summed E-state index contributed by atoms with van der Waals surface area (Å²) in [5, 5.41) is 8.84. The number of anilines is 1. The minimum Gasteiger partial charge on any atom is -0.352 e. The Kier molecular flexibility index (Phi) is 4.18. The fourth-order valence-corrected chi connectivity index (χ4v) is 4.19. The van der Waals surface area contributed by atoms with Crippen LogP contribution in [0.4, 0.5) is 5.82 Å². The topological polar surface area (TPSA) is 62.2 Å². The van der Waals surface area contributed by atoms with Crippen molar-refractivity contribution in [2.45, 2.75) is 32.6 Å². The summed E-state index contributed by atoms with van der Waals surface area (Å²) >= 11 is 1.43. The van der Waals surface area contributed by atoms with Crippen LogP contribution in [-0.4, -0.2) is 52.2 Å². The normalized spacial score (nSPS) is 17.7. The number of thiazole rings is 1. The molecule has 7 heteroatoms. The van der Waals surface area contributed by atoms with E-state index in [1.807, 2.05) is 11.8 Å². The van der Waals surface area contributed by atoms with E-state index in [0.717, 1.165) is 55.4 Å². The third-order valence-electron chi connectivity index (χ3n) is 4.89. The standard InChI is InChI=1S/C17H21N5OS/c1-12-16(24-11-18-12)17(23)22-8-6-21(7-9-22)15-10-13-4-2-3-5-14(13)19-20-15/h10-11H,2-9H2,1H3. The van der Waals surface area contributed by atoms with Crippen LogP contribution in [0.5, 0.6) is 0 Å². The number of amides is 1. The van der Waals surface area contributed by atoms with Crippen molar-refractivity contribution in [1.29, 1.82) is 0 Å². The molecule has 0 atom stereocenters. The van der Waals surface area contributed by atoms with Crippen LogP contribution in [0.25, 0.3) is 0 Å². The molecule has 2 aliphatic rings. The maximum atomic E-state index is 12.6. The lowest BCUT2D eigenvalue weighted by atomic mass is 9.97. The lowest BCUT2D eigenvalue weighted by Crippen LogP contribution is -2.49. The molecule has 0 unspecified atom stereocenters. The van der Waals surface area contributed by atoms with Gasteiger partial charge < -0.3 is 9.80 Å². The van der Waals surface area contributed by atoms with Crippen molar-refractivity contribution in [3.05, 3.63) is 33.4 Å². The van der Waals surface area contributed by atoms with E-state index in [0.29, 0.717) is 0 Å². The molecule has 1 aliphatic carbocycles. The summed E-state index contributed by atoms with van der Waals surface area (Å²) in [7, 11) is 0. The first-order valence-electron chi connectivity index (χ1n) is 8.52. The highest BCUT2D eigenvalue weighted by Gasteiger charge is 2.25. The largest absolute Gasteiger partial charge is 0.352 e. The van der Waals surface area contributed by atoms with Gasteiger partial charge >= 0.3 is 0 Å². The highest BCUT2D eigenvalue weighted by Crippen LogP contribution is 2.23. The molecule has 2 aromatic heterocycles. The van der Waals surface area contributed by atoms with Gasteiger partial charge in [-0.05, 0) is 44.2 Å². The SMILES string of the molecule is Cc1ncsc1C(=O)N1CCN(c2cc3c(nn2)CCCC3)CC1. The van der Waals surface area contributed by atoms with Crippen LogP contribution in [-0.2, 0) is 12.8 Å². The Morgan fingerprint density at radius 1 is 1.12 bits per heavy atom. The second kappa shape index (κ2) is 6.47. The number of hydrogen-bond acceptors (Lipinski definition) is 6. The van der Waals surface area contributed by atoms with Crippen LogP contribution in [0.15, 0.2) is 11.6 Å². The van der Waals surface area contributed by atoms with Crippen molar-refractivity contribution < 1.29 is 4.79 Å². The monoisotopic (exact) mass is 343 g/mol. The number of nitrogens with zero attached hydrogens (tertiary/aromatic N) is 5. The van der Waals surface area contributed by atoms with Crippen LogP contribution in [0.2, 0.25) is 0 Å². The van der Waals surface area contributed by atoms with Gasteiger partial charge in [0.25, 0.3) is 5.91 Å². The summed E-state index contributed by atoms with van der Waals surface area (Å²) in [6.45, 7) is 4.93. The van der Waals surface area contributed by atoms with Gasteiger partial charge in [-0.3, -0.25) is 4.79 Å². The van der Waals surface area contributed by atoms with Crippen molar-refractivity contribution in [1.82, 2.24) is 20.1 Å². The Balaban J connectivity index is 1.43. The molecule has 2 aromatic rings. The van der Waals surface area contributed by atoms with Gasteiger partial charge in [0.2, 0.25) is 0 Å². The second-order valence-corrected chi connectivity index (χ2v) is 7.28. The number of aryl methyl sites for hydroxylation is 3. The highest BCUT2D eigenvalue weighted by atomic mass is 32.1. The Hall–Kier alpha value is -2.02. The molecule has 126 valence electrons. The third-order valence-corrected chi connectivity index (χ3v) is 5.80. The zero-order valence-corrected chi connectivity index (χ0v) is 14.7. The van der Waals surface area contributed by atoms with Crippen molar-refractivity contribution in [2.75, 3.05) is 31.1 Å². The van der Waals surface area contributed by atoms with Crippen LogP contribution in [0.1, 0.15) is 39.5 Å². The van der Waals surface area contributed by atoms with Gasteiger partial charge in [-0.25, -0.2) is 4.98 Å². The van der Waals surface area contributed by atoms with Gasteiger partial charge in [-0.15, -0.1) is 16.4 Å². The predicted molar refractivity (Wildman–Crippen MR) is 93.6 cm³/mol. The number of aromatic nitrogens is 3. The van der Waals surface area contributed by atoms with Gasteiger partial charge in [-0.1, -0.05) is 0 Å². The zero-order chi connectivity index (χ0) is 16.5. The predicted octanol–water partition coefficient (Wildman–Crippen LogP) is 2.08. The fraction of sp³-hybridized carbons (Fsp3) is 0.529. The van der Waals surface area contributed by atoms with Crippen molar-refractivity contribution in [2.24, 2.45) is 0 Å². The van der Waals surface area contributed by atoms with E-state index in [2.05, 4.69) is 26.1 Å². The molecular formula is C17H21N5OS. The fourth-order valence-electron chi connectivity index (χ4n) is 3.42. The second-order valence-electron chi connectivity index (χ2n) is 6.43. The number of piperazine rings is 1. The van der Waals surface area contributed by atoms with E-state index in [1.54, 1.807) is 5.51 Å². The van der Waals surface area contributed by atoms with Gasteiger partial charge in [0.15, 0.2) is 5.82 Å². The summed E-state index contributed by atoms with van der Waals surface area (Å²) in [5.74, 6) is 1.06. The summed E-state index contributed by atoms with van der Waals surface area (Å²) in [4.78, 5) is 21.7. The van der Waals surface area contributed by atoms with E-state index in [4.69, 9.17) is 0 Å². The average molecular weight is 343 g/mol. The first-order chi connectivity index (χ1) is 11.7. The van der Waals surface area contributed by atoms with E-state index in [-0.39, 0.29) is 5.91 Å². The van der Waals surface area contributed by atoms with Gasteiger partial charge in [0.1, 0.15) is 4.88 Å². The summed E-state index contributed by atoms with van der Waals surface area (Å²) in [6.07, 6.45) is 4.63. The number of rotatable bonds is 2. The number of fused-ring (bicyclic) bond motifs is 1. The minimum atomic E-state index is 0.103. The molecule has 6 nitrogen and oxygen atoms in total. The summed E-state index contributed by atoms with van der Waals surface area (Å²) < 4.78 is 0. The number of hydrogen-bond donors (Lipinski definition) is 0. The maximum absolute atomic E-state index is 12.6. The number of carbonyl (C=O) groups is 1. The van der Waals surface area contributed by atoms with Crippen LogP contribution in [0, 0.1) is 6.92 Å². The van der Waals surface area contributed by atoms with E-state index in [9.17, 15) is 4.79 Å². The lowest BCUT2D eigenvalue weighted by Gasteiger charge is -2.35. The molecule has 0 aromatic carbocycles. The summed E-state index contributed by atoms with van der Waals surface area (Å²) in [5.41, 5.74) is 5.08. The molecule has 24 heavy (non-hydrogen) atoms. The Morgan fingerprint density at radius 3 is 2.67 bits per heavy atom. The van der Waals surface area contributed by atoms with Gasteiger partial charge in [-0.2, -0.15) is 5.10 Å². The van der Waals surface area contributed by atoms with Crippen molar-refractivity contribution >= 4 is 23.1 Å². The summed E-state index contributed by atoms with van der Waals surface area (Å²) in [6, 6.07) is 2.20. The lowest BCUT2D eigenvalue weighted by molar-refractivity contribution is 0.0750. The minimum absolute atomic E-state index is 0.103. The molecular weight excluding hydrogens is 322 g/mol. The third kappa shape index (κ3) is 2.88. The Bertz CT molecular complexity index is 751. The molecule has 0 N–H and O–H groups in total. The zero-order valence-electron chi connectivity index (χ0n) is 13.9. The Labute approximate surface area is 145 Å². The van der Waals surface area contributed by atoms with E-state index >= 15 is 0 Å². The van der Waals surface area contributed by atoms with Gasteiger partial charge in [0, 0.05) is 26.2 Å². The van der Waals surface area contributed by atoms with Crippen molar-refractivity contribution in [3.63, 3.8) is 0 Å². The molecule has 0 radical (unpaired) electrons. The molecule has 1 amide bonds. The van der Waals surface area contributed by atoms with Crippen molar-refractivity contribution in [3.8, 4) is 0 Å².